The van der Waals surface area contributed by atoms with Crippen molar-refractivity contribution in [2.24, 2.45) is 17.8 Å². The van der Waals surface area contributed by atoms with Gasteiger partial charge in [-0.1, -0.05) is 11.8 Å². The zero-order valence-corrected chi connectivity index (χ0v) is 17.7. The van der Waals surface area contributed by atoms with E-state index in [9.17, 15) is 9.59 Å². The Balaban J connectivity index is 1.32. The van der Waals surface area contributed by atoms with E-state index in [0.717, 1.165) is 27.8 Å². The van der Waals surface area contributed by atoms with Gasteiger partial charge in [0, 0.05) is 10.9 Å². The molecule has 0 radical (unpaired) electrons. The van der Waals surface area contributed by atoms with Crippen LogP contribution >= 0.6 is 23.1 Å². The van der Waals surface area contributed by atoms with Crippen LogP contribution in [0.25, 0.3) is 0 Å². The number of hydrogen-bond donors (Lipinski definition) is 1. The number of nitrogens with zero attached hydrogens (tertiary/aromatic N) is 1. The van der Waals surface area contributed by atoms with Crippen molar-refractivity contribution in [3.8, 4) is 0 Å². The predicted octanol–water partition coefficient (Wildman–Crippen LogP) is 3.81. The monoisotopic (exact) mass is 408 g/mol. The summed E-state index contributed by atoms with van der Waals surface area (Å²) in [5.41, 5.74) is 0.771. The fraction of sp³-hybridized carbons (Fsp3) is 0.750. The molecule has 4 fully saturated rings. The summed E-state index contributed by atoms with van der Waals surface area (Å²) in [6.45, 7) is 4.13. The molecule has 1 unspecified atom stereocenters. The van der Waals surface area contributed by atoms with Crippen LogP contribution in [0.1, 0.15) is 58.1 Å². The molecule has 0 aliphatic heterocycles. The summed E-state index contributed by atoms with van der Waals surface area (Å²) in [5, 5.41) is 5.14. The molecule has 1 N–H and O–H groups in total. The van der Waals surface area contributed by atoms with Crippen LogP contribution < -0.4 is 5.32 Å². The minimum absolute atomic E-state index is 0.0542. The Labute approximate surface area is 169 Å². The highest BCUT2D eigenvalue weighted by Crippen LogP contribution is 2.55. The lowest BCUT2D eigenvalue weighted by Crippen LogP contribution is -2.60. The van der Waals surface area contributed by atoms with Gasteiger partial charge in [-0.25, -0.2) is 4.98 Å². The molecule has 1 aromatic rings. The van der Waals surface area contributed by atoms with E-state index in [2.05, 4.69) is 10.3 Å². The van der Waals surface area contributed by atoms with Gasteiger partial charge in [0.25, 0.3) is 0 Å². The molecule has 1 aromatic heterocycles. The van der Waals surface area contributed by atoms with Gasteiger partial charge >= 0.3 is 5.97 Å². The van der Waals surface area contributed by atoms with Crippen LogP contribution in [0.15, 0.2) is 9.72 Å². The van der Waals surface area contributed by atoms with Gasteiger partial charge in [-0.3, -0.25) is 9.59 Å². The van der Waals surface area contributed by atoms with Crippen molar-refractivity contribution in [1.29, 1.82) is 0 Å². The van der Waals surface area contributed by atoms with Crippen LogP contribution in [0.4, 0.5) is 0 Å². The van der Waals surface area contributed by atoms with Crippen molar-refractivity contribution >= 4 is 35.0 Å². The van der Waals surface area contributed by atoms with Crippen LogP contribution in [0.5, 0.6) is 0 Å². The maximum Gasteiger partial charge on any atom is 0.311 e. The molecule has 1 atom stereocenters. The van der Waals surface area contributed by atoms with E-state index >= 15 is 0 Å². The third kappa shape index (κ3) is 4.34. The Morgan fingerprint density at radius 2 is 1.93 bits per heavy atom. The summed E-state index contributed by atoms with van der Waals surface area (Å²) in [6.07, 6.45) is 7.83. The van der Waals surface area contributed by atoms with Crippen molar-refractivity contribution in [3.05, 3.63) is 11.1 Å². The van der Waals surface area contributed by atoms with E-state index in [1.165, 1.54) is 61.6 Å². The van der Waals surface area contributed by atoms with Crippen molar-refractivity contribution in [2.75, 3.05) is 6.61 Å². The number of thiazole rings is 1. The molecule has 4 aliphatic rings. The first-order chi connectivity index (χ1) is 12.9. The van der Waals surface area contributed by atoms with Crippen LogP contribution in [-0.4, -0.2) is 34.3 Å². The van der Waals surface area contributed by atoms with Crippen LogP contribution in [0, 0.1) is 17.8 Å². The van der Waals surface area contributed by atoms with E-state index in [1.807, 2.05) is 12.3 Å². The van der Waals surface area contributed by atoms with Gasteiger partial charge < -0.3 is 10.1 Å². The number of rotatable bonds is 7. The molecule has 0 spiro atoms. The average Bonchev–Trinajstić information content (AvgIpc) is 3.00. The second-order valence-corrected chi connectivity index (χ2v) is 11.0. The van der Waals surface area contributed by atoms with E-state index in [1.54, 1.807) is 6.92 Å². The lowest BCUT2D eigenvalue weighted by Gasteiger charge is -2.57. The largest absolute Gasteiger partial charge is 0.466 e. The molecular weight excluding hydrogens is 380 g/mol. The van der Waals surface area contributed by atoms with Crippen LogP contribution in [-0.2, 0) is 20.7 Å². The zero-order chi connectivity index (χ0) is 19.0. The van der Waals surface area contributed by atoms with E-state index in [-0.39, 0.29) is 29.1 Å². The van der Waals surface area contributed by atoms with Crippen molar-refractivity contribution in [3.63, 3.8) is 0 Å². The summed E-state index contributed by atoms with van der Waals surface area (Å²) in [4.78, 5) is 28.9. The molecule has 4 aliphatic carbocycles. The maximum absolute atomic E-state index is 12.9. The summed E-state index contributed by atoms with van der Waals surface area (Å²) < 4.78 is 5.80. The standard InChI is InChI=1S/C20H28N2O3S2/c1-3-25-17(23)7-16-11-26-19(21-16)27-12(2)18(24)22-20-8-13-4-14(9-20)6-15(5-13)10-20/h11-15H,3-10H2,1-2H3,(H,22,24). The highest BCUT2D eigenvalue weighted by Gasteiger charge is 2.51. The molecule has 0 aromatic carbocycles. The minimum Gasteiger partial charge on any atom is -0.466 e. The summed E-state index contributed by atoms with van der Waals surface area (Å²) in [5.74, 6) is 2.34. The lowest BCUT2D eigenvalue weighted by atomic mass is 9.53. The first-order valence-corrected chi connectivity index (χ1v) is 11.8. The van der Waals surface area contributed by atoms with Gasteiger partial charge in [0.15, 0.2) is 4.34 Å². The molecule has 5 nitrogen and oxygen atoms in total. The zero-order valence-electron chi connectivity index (χ0n) is 16.0. The van der Waals surface area contributed by atoms with Crippen molar-refractivity contribution in [2.45, 2.75) is 73.9 Å². The normalized spacial score (nSPS) is 32.3. The number of carbonyl (C=O) groups is 2. The first-order valence-electron chi connectivity index (χ1n) is 10.0. The molecule has 0 saturated heterocycles. The van der Waals surface area contributed by atoms with Crippen LogP contribution in [0.2, 0.25) is 0 Å². The second kappa shape index (κ2) is 7.74. The molecular formula is C20H28N2O3S2. The van der Waals surface area contributed by atoms with Gasteiger partial charge in [-0.05, 0) is 70.1 Å². The highest BCUT2D eigenvalue weighted by atomic mass is 32.2. The summed E-state index contributed by atoms with van der Waals surface area (Å²) in [6, 6.07) is 0. The maximum atomic E-state index is 12.9. The summed E-state index contributed by atoms with van der Waals surface area (Å²) in [7, 11) is 0. The fourth-order valence-electron chi connectivity index (χ4n) is 5.62. The van der Waals surface area contributed by atoms with Gasteiger partial charge in [0.1, 0.15) is 0 Å². The first kappa shape index (κ1) is 19.2. The van der Waals surface area contributed by atoms with Gasteiger partial charge in [-0.2, -0.15) is 0 Å². The number of hydrogen-bond acceptors (Lipinski definition) is 6. The number of esters is 1. The third-order valence-electron chi connectivity index (χ3n) is 6.23. The highest BCUT2D eigenvalue weighted by molar-refractivity contribution is 8.02. The average molecular weight is 409 g/mol. The van der Waals surface area contributed by atoms with Crippen molar-refractivity contribution < 1.29 is 14.3 Å². The van der Waals surface area contributed by atoms with Gasteiger partial charge in [0.2, 0.25) is 5.91 Å². The number of amides is 1. The molecule has 27 heavy (non-hydrogen) atoms. The number of carbonyl (C=O) groups excluding carboxylic acids is 2. The molecule has 5 rings (SSSR count). The van der Waals surface area contributed by atoms with E-state index in [4.69, 9.17) is 4.74 Å². The van der Waals surface area contributed by atoms with E-state index in [0.29, 0.717) is 6.61 Å². The Morgan fingerprint density at radius 3 is 2.52 bits per heavy atom. The number of nitrogens with one attached hydrogen (secondary N) is 1. The smallest absolute Gasteiger partial charge is 0.311 e. The number of ether oxygens (including phenoxy) is 1. The lowest BCUT2D eigenvalue weighted by molar-refractivity contribution is -0.142. The number of thioether (sulfide) groups is 1. The predicted molar refractivity (Wildman–Crippen MR) is 107 cm³/mol. The minimum atomic E-state index is -0.257. The molecule has 1 amide bonds. The van der Waals surface area contributed by atoms with Gasteiger partial charge in [0.05, 0.1) is 24.0 Å². The molecule has 4 bridgehead atoms. The van der Waals surface area contributed by atoms with Gasteiger partial charge in [-0.15, -0.1) is 11.3 Å². The molecule has 7 heteroatoms. The molecule has 4 saturated carbocycles. The Kier molecular flexibility index (Phi) is 5.52. The van der Waals surface area contributed by atoms with E-state index < -0.39 is 0 Å². The second-order valence-electron chi connectivity index (χ2n) is 8.53. The Morgan fingerprint density at radius 1 is 1.30 bits per heavy atom. The van der Waals surface area contributed by atoms with Crippen LogP contribution in [0.3, 0.4) is 0 Å². The Hall–Kier alpha value is -1.08. The third-order valence-corrected chi connectivity index (χ3v) is 8.36. The number of aromatic nitrogens is 1. The molecule has 1 heterocycles. The van der Waals surface area contributed by atoms with Crippen molar-refractivity contribution in [1.82, 2.24) is 10.3 Å². The topological polar surface area (TPSA) is 68.3 Å². The Bertz CT molecular complexity index is 683. The summed E-state index contributed by atoms with van der Waals surface area (Å²) >= 11 is 2.97. The fourth-order valence-corrected chi connectivity index (χ4v) is 7.60. The quantitative estimate of drug-likeness (QED) is 0.549. The SMILES string of the molecule is CCOC(=O)Cc1csc(SC(C)C(=O)NC23CC4CC(CC(C4)C2)C3)n1. The molecule has 148 valence electrons.